The van der Waals surface area contributed by atoms with Gasteiger partial charge in [0.2, 0.25) is 0 Å². The van der Waals surface area contributed by atoms with Crippen molar-refractivity contribution in [1.29, 1.82) is 0 Å². The average Bonchev–Trinajstić information content (AvgIpc) is 3.01. The maximum Gasteiger partial charge on any atom is 0.126 e. The lowest BCUT2D eigenvalue weighted by molar-refractivity contribution is 0.177. The molecule has 3 aliphatic carbocycles. The van der Waals surface area contributed by atoms with E-state index in [0.717, 1.165) is 37.9 Å². The van der Waals surface area contributed by atoms with Crippen molar-refractivity contribution in [2.45, 2.75) is 77.2 Å². The third kappa shape index (κ3) is 3.57. The second-order valence-electron chi connectivity index (χ2n) is 7.69. The van der Waals surface area contributed by atoms with E-state index in [1.54, 1.807) is 18.7 Å². The minimum Gasteiger partial charge on any atom is -0.508 e. The molecule has 3 nitrogen and oxygen atoms in total. The Morgan fingerprint density at radius 3 is 2.52 bits per heavy atom. The van der Waals surface area contributed by atoms with Gasteiger partial charge in [0.25, 0.3) is 0 Å². The third-order valence-electron chi connectivity index (χ3n) is 6.09. The molecule has 0 spiro atoms. The van der Waals surface area contributed by atoms with Crippen LogP contribution in [0, 0.1) is 5.92 Å². The molecule has 3 aliphatic rings. The first-order valence-electron chi connectivity index (χ1n) is 9.88. The maximum absolute atomic E-state index is 9.99. The zero-order valence-electron chi connectivity index (χ0n) is 15.8. The van der Waals surface area contributed by atoms with Crippen LogP contribution in [0.25, 0.3) is 0 Å². The average molecular weight is 344 g/mol. The van der Waals surface area contributed by atoms with Crippen LogP contribution < -0.4 is 4.74 Å². The fourth-order valence-corrected chi connectivity index (χ4v) is 4.79. The highest BCUT2D eigenvalue weighted by molar-refractivity contribution is 5.54. The number of methoxy groups -OCH3 is 1. The van der Waals surface area contributed by atoms with E-state index in [1.807, 2.05) is 6.07 Å². The van der Waals surface area contributed by atoms with E-state index in [0.29, 0.717) is 17.6 Å². The van der Waals surface area contributed by atoms with Crippen molar-refractivity contribution in [2.75, 3.05) is 7.11 Å². The molecule has 0 aliphatic heterocycles. The van der Waals surface area contributed by atoms with Gasteiger partial charge in [-0.3, -0.25) is 0 Å². The lowest BCUT2D eigenvalue weighted by Crippen LogP contribution is -2.21. The summed E-state index contributed by atoms with van der Waals surface area (Å²) in [5, 5.41) is 19.8. The number of ether oxygens (including phenoxy) is 1. The standard InChI is InChI=1S/C18H22O3.C4H10/c1-21-17-9-13(20)7-11-3-4-14-15(18(11)17)5-2-10-6-12(19)8-16(10)14;1-3-4-2/h7,9-10,12,15,19-20H,2-6,8H2,1H3;3-4H2,1-2H3. The lowest BCUT2D eigenvalue weighted by Gasteiger charge is -2.36. The van der Waals surface area contributed by atoms with E-state index < -0.39 is 0 Å². The molecule has 3 heteroatoms. The van der Waals surface area contributed by atoms with Crippen LogP contribution in [0.5, 0.6) is 11.5 Å². The summed E-state index contributed by atoms with van der Waals surface area (Å²) < 4.78 is 5.54. The van der Waals surface area contributed by atoms with Gasteiger partial charge in [0.1, 0.15) is 11.5 Å². The molecule has 0 heterocycles. The summed E-state index contributed by atoms with van der Waals surface area (Å²) in [5.74, 6) is 2.16. The molecule has 1 aromatic rings. The van der Waals surface area contributed by atoms with Gasteiger partial charge in [0.05, 0.1) is 13.2 Å². The number of benzene rings is 1. The van der Waals surface area contributed by atoms with Crippen LogP contribution >= 0.6 is 0 Å². The minimum atomic E-state index is -0.139. The number of rotatable bonds is 2. The number of allylic oxidation sites excluding steroid dienone is 1. The maximum atomic E-state index is 9.99. The molecule has 0 bridgehead atoms. The first kappa shape index (κ1) is 18.3. The van der Waals surface area contributed by atoms with Crippen LogP contribution in [0.3, 0.4) is 0 Å². The second-order valence-corrected chi connectivity index (χ2v) is 7.69. The molecule has 25 heavy (non-hydrogen) atoms. The zero-order valence-corrected chi connectivity index (χ0v) is 15.8. The molecule has 3 atom stereocenters. The smallest absolute Gasteiger partial charge is 0.126 e. The molecule has 0 aromatic heterocycles. The highest BCUT2D eigenvalue weighted by atomic mass is 16.5. The Kier molecular flexibility index (Phi) is 5.73. The molecule has 2 N–H and O–H groups in total. The van der Waals surface area contributed by atoms with Crippen molar-refractivity contribution in [1.82, 2.24) is 0 Å². The number of aromatic hydroxyl groups is 1. The van der Waals surface area contributed by atoms with Gasteiger partial charge in [-0.1, -0.05) is 37.8 Å². The summed E-state index contributed by atoms with van der Waals surface area (Å²) in [6.45, 7) is 4.36. The van der Waals surface area contributed by atoms with E-state index in [-0.39, 0.29) is 6.10 Å². The minimum absolute atomic E-state index is 0.139. The number of phenolic OH excluding ortho intramolecular Hbond substituents is 1. The first-order valence-corrected chi connectivity index (χ1v) is 9.88. The summed E-state index contributed by atoms with van der Waals surface area (Å²) in [6.07, 6.45) is 8.67. The molecular formula is C22H32O3. The Labute approximate surface area is 151 Å². The van der Waals surface area contributed by atoms with Crippen LogP contribution in [0.4, 0.5) is 0 Å². The van der Waals surface area contributed by atoms with E-state index in [4.69, 9.17) is 4.74 Å². The molecule has 0 radical (unpaired) electrons. The van der Waals surface area contributed by atoms with Gasteiger partial charge < -0.3 is 14.9 Å². The normalized spacial score (nSPS) is 27.0. The predicted octanol–water partition coefficient (Wildman–Crippen LogP) is 5.10. The fraction of sp³-hybridized carbons (Fsp3) is 0.636. The van der Waals surface area contributed by atoms with E-state index in [2.05, 4.69) is 13.8 Å². The van der Waals surface area contributed by atoms with Crippen LogP contribution in [-0.2, 0) is 6.42 Å². The summed E-state index contributed by atoms with van der Waals surface area (Å²) in [7, 11) is 1.68. The second kappa shape index (κ2) is 7.82. The number of fused-ring (bicyclic) bond motifs is 4. The predicted molar refractivity (Wildman–Crippen MR) is 101 cm³/mol. The summed E-state index contributed by atoms with van der Waals surface area (Å²) in [4.78, 5) is 0. The molecule has 4 rings (SSSR count). The SMILES string of the molecule is CCCC.COc1cc(O)cc2c1C1CCC3CC(O)CC3=C1CC2. The van der Waals surface area contributed by atoms with E-state index >= 15 is 0 Å². The van der Waals surface area contributed by atoms with Gasteiger partial charge in [-0.15, -0.1) is 0 Å². The van der Waals surface area contributed by atoms with Gasteiger partial charge in [0.15, 0.2) is 0 Å². The van der Waals surface area contributed by atoms with Crippen LogP contribution in [0.1, 0.15) is 75.8 Å². The van der Waals surface area contributed by atoms with Crippen molar-refractivity contribution in [3.63, 3.8) is 0 Å². The molecule has 0 amide bonds. The van der Waals surface area contributed by atoms with Crippen molar-refractivity contribution in [3.8, 4) is 11.5 Å². The zero-order chi connectivity index (χ0) is 18.0. The van der Waals surface area contributed by atoms with Gasteiger partial charge >= 0.3 is 0 Å². The van der Waals surface area contributed by atoms with Gasteiger partial charge in [0, 0.05) is 17.5 Å². The number of hydrogen-bond acceptors (Lipinski definition) is 3. The van der Waals surface area contributed by atoms with Gasteiger partial charge in [-0.2, -0.15) is 0 Å². The molecule has 1 saturated carbocycles. The third-order valence-corrected chi connectivity index (χ3v) is 6.09. The Hall–Kier alpha value is -1.48. The van der Waals surface area contributed by atoms with Crippen LogP contribution in [0.15, 0.2) is 23.3 Å². The van der Waals surface area contributed by atoms with Crippen LogP contribution in [-0.4, -0.2) is 23.4 Å². The number of aliphatic hydroxyl groups is 1. The fourth-order valence-electron chi connectivity index (χ4n) is 4.79. The largest absolute Gasteiger partial charge is 0.508 e. The summed E-state index contributed by atoms with van der Waals surface area (Å²) in [5.41, 5.74) is 5.60. The monoisotopic (exact) mass is 344 g/mol. The number of phenols is 1. The number of unbranched alkanes of at least 4 members (excludes halogenated alkanes) is 1. The van der Waals surface area contributed by atoms with Gasteiger partial charge in [-0.25, -0.2) is 0 Å². The Morgan fingerprint density at radius 1 is 1.08 bits per heavy atom. The highest BCUT2D eigenvalue weighted by Gasteiger charge is 2.39. The Morgan fingerprint density at radius 2 is 1.84 bits per heavy atom. The first-order chi connectivity index (χ1) is 12.1. The van der Waals surface area contributed by atoms with Crippen molar-refractivity contribution in [3.05, 3.63) is 34.4 Å². The quantitative estimate of drug-likeness (QED) is 0.734. The highest BCUT2D eigenvalue weighted by Crippen LogP contribution is 2.53. The number of aryl methyl sites for hydroxylation is 1. The summed E-state index contributed by atoms with van der Waals surface area (Å²) >= 11 is 0. The van der Waals surface area contributed by atoms with Crippen molar-refractivity contribution < 1.29 is 14.9 Å². The van der Waals surface area contributed by atoms with Crippen molar-refractivity contribution in [2.24, 2.45) is 5.92 Å². The van der Waals surface area contributed by atoms with E-state index in [1.165, 1.54) is 36.0 Å². The topological polar surface area (TPSA) is 49.7 Å². The molecular weight excluding hydrogens is 312 g/mol. The molecule has 1 fully saturated rings. The van der Waals surface area contributed by atoms with Crippen molar-refractivity contribution >= 4 is 0 Å². The molecule has 3 unspecified atom stereocenters. The van der Waals surface area contributed by atoms with Crippen LogP contribution in [0.2, 0.25) is 0 Å². The molecule has 138 valence electrons. The number of hydrogen-bond donors (Lipinski definition) is 2. The number of aliphatic hydroxyl groups excluding tert-OH is 1. The molecule has 0 saturated heterocycles. The summed E-state index contributed by atoms with van der Waals surface area (Å²) in [6, 6.07) is 3.64. The lowest BCUT2D eigenvalue weighted by atomic mass is 9.68. The van der Waals surface area contributed by atoms with Gasteiger partial charge in [-0.05, 0) is 56.1 Å². The molecule has 1 aromatic carbocycles. The Balaban J connectivity index is 0.000000415. The van der Waals surface area contributed by atoms with E-state index in [9.17, 15) is 10.2 Å². The Bertz CT molecular complexity index is 628.